The molecule has 0 amide bonds. The fourth-order valence-corrected chi connectivity index (χ4v) is 6.85. The van der Waals surface area contributed by atoms with Gasteiger partial charge in [0, 0.05) is 43.0 Å². The highest BCUT2D eigenvalue weighted by Gasteiger charge is 2.34. The fraction of sp³-hybridized carbons (Fsp3) is 0.552. The Morgan fingerprint density at radius 1 is 1.05 bits per heavy atom. The molecule has 1 N–H and O–H groups in total. The maximum atomic E-state index is 16.4. The summed E-state index contributed by atoms with van der Waals surface area (Å²) < 4.78 is 22.5. The van der Waals surface area contributed by atoms with Gasteiger partial charge in [0.1, 0.15) is 23.6 Å². The molecule has 8 heteroatoms. The summed E-state index contributed by atoms with van der Waals surface area (Å²) in [4.78, 5) is 18.8. The van der Waals surface area contributed by atoms with Crippen molar-refractivity contribution < 1.29 is 9.13 Å². The van der Waals surface area contributed by atoms with E-state index in [2.05, 4.69) is 33.2 Å². The zero-order valence-electron chi connectivity index (χ0n) is 21.5. The van der Waals surface area contributed by atoms with Crippen LogP contribution in [0.5, 0.6) is 6.01 Å². The second-order valence-electron chi connectivity index (χ2n) is 11.3. The molecule has 5 heterocycles. The Balaban J connectivity index is 1.32. The van der Waals surface area contributed by atoms with Crippen molar-refractivity contribution in [2.45, 2.75) is 69.5 Å². The molecule has 3 atom stereocenters. The van der Waals surface area contributed by atoms with Gasteiger partial charge >= 0.3 is 6.01 Å². The lowest BCUT2D eigenvalue weighted by atomic mass is 9.87. The zero-order valence-corrected chi connectivity index (χ0v) is 21.5. The van der Waals surface area contributed by atoms with E-state index in [9.17, 15) is 0 Å². The minimum atomic E-state index is -0.374. The van der Waals surface area contributed by atoms with Gasteiger partial charge in [-0.2, -0.15) is 9.97 Å². The van der Waals surface area contributed by atoms with Crippen molar-refractivity contribution in [3.05, 3.63) is 41.3 Å². The number of hydrogen-bond donors (Lipinski definition) is 1. The van der Waals surface area contributed by atoms with Crippen molar-refractivity contribution in [2.75, 3.05) is 38.2 Å². The maximum Gasteiger partial charge on any atom is 0.319 e. The number of aromatic nitrogens is 3. The summed E-state index contributed by atoms with van der Waals surface area (Å²) in [6, 6.07) is 7.68. The second kappa shape index (κ2) is 9.48. The van der Waals surface area contributed by atoms with Crippen LogP contribution >= 0.6 is 0 Å². The highest BCUT2D eigenvalue weighted by Crippen LogP contribution is 2.37. The number of fused-ring (bicyclic) bond motifs is 4. The van der Waals surface area contributed by atoms with Crippen molar-refractivity contribution in [3.63, 3.8) is 0 Å². The van der Waals surface area contributed by atoms with Gasteiger partial charge in [0.15, 0.2) is 5.82 Å². The summed E-state index contributed by atoms with van der Waals surface area (Å²) in [5.41, 5.74) is 4.14. The Hall–Kier alpha value is -2.84. The van der Waals surface area contributed by atoms with Crippen molar-refractivity contribution in [2.24, 2.45) is 0 Å². The van der Waals surface area contributed by atoms with E-state index in [-0.39, 0.29) is 11.8 Å². The molecular formula is C29H35FN6O. The standard InChI is InChI=1S/C29H35FN6O/c1-35-13-5-8-21(35)17-37-29-33-27-24(28(34-29)36-15-19-11-12-20(16-36)32-19)14-31-26(25(27)30)23-10-4-7-18-6-2-3-9-22(18)23/h4,7,10,14,19-21,32H,2-3,5-6,8-9,11-13,15-17H2,1H3/t19-,20+,21-/m0/s1. The Morgan fingerprint density at radius 2 is 1.89 bits per heavy atom. The molecule has 7 nitrogen and oxygen atoms in total. The van der Waals surface area contributed by atoms with Gasteiger partial charge in [-0.25, -0.2) is 4.39 Å². The first kappa shape index (κ1) is 23.3. The molecule has 3 saturated heterocycles. The van der Waals surface area contributed by atoms with Gasteiger partial charge in [0.05, 0.1) is 5.39 Å². The summed E-state index contributed by atoms with van der Waals surface area (Å²) in [5.74, 6) is 0.368. The topological polar surface area (TPSA) is 66.4 Å². The van der Waals surface area contributed by atoms with E-state index >= 15 is 4.39 Å². The summed E-state index contributed by atoms with van der Waals surface area (Å²) in [6.07, 6.45) is 10.7. The number of nitrogens with zero attached hydrogens (tertiary/aromatic N) is 5. The first-order chi connectivity index (χ1) is 18.1. The minimum absolute atomic E-state index is 0.264. The molecule has 2 aromatic heterocycles. The van der Waals surface area contributed by atoms with Crippen molar-refractivity contribution in [3.8, 4) is 17.3 Å². The summed E-state index contributed by atoms with van der Waals surface area (Å²) in [6.45, 7) is 3.29. The average Bonchev–Trinajstić information content (AvgIpc) is 3.50. The van der Waals surface area contributed by atoms with E-state index in [4.69, 9.17) is 14.7 Å². The monoisotopic (exact) mass is 502 g/mol. The number of hydrogen-bond acceptors (Lipinski definition) is 7. The normalized spacial score (nSPS) is 25.6. The van der Waals surface area contributed by atoms with Gasteiger partial charge in [-0.15, -0.1) is 0 Å². The molecule has 0 unspecified atom stereocenters. The molecule has 3 aromatic rings. The SMILES string of the molecule is CN1CCC[C@H]1COc1nc(N2C[C@H]3CC[C@@H](C2)N3)c2cnc(-c3cccc4c3CCCC4)c(F)c2n1. The van der Waals surface area contributed by atoms with E-state index in [1.165, 1.54) is 24.0 Å². The summed E-state index contributed by atoms with van der Waals surface area (Å²) >= 11 is 0. The van der Waals surface area contributed by atoms with Gasteiger partial charge in [-0.05, 0) is 76.1 Å². The number of benzene rings is 1. The van der Waals surface area contributed by atoms with E-state index in [0.29, 0.717) is 41.3 Å². The van der Waals surface area contributed by atoms with Gasteiger partial charge in [-0.1, -0.05) is 18.2 Å². The Morgan fingerprint density at radius 3 is 2.70 bits per heavy atom. The van der Waals surface area contributed by atoms with Crippen molar-refractivity contribution >= 4 is 16.7 Å². The number of anilines is 1. The van der Waals surface area contributed by atoms with Crippen LogP contribution in [0, 0.1) is 5.82 Å². The molecule has 1 aromatic carbocycles. The minimum Gasteiger partial charge on any atom is -0.462 e. The van der Waals surface area contributed by atoms with E-state index < -0.39 is 0 Å². The quantitative estimate of drug-likeness (QED) is 0.563. The van der Waals surface area contributed by atoms with Crippen LogP contribution in [0.15, 0.2) is 24.4 Å². The summed E-state index contributed by atoms with van der Waals surface area (Å²) in [5, 5.41) is 4.34. The van der Waals surface area contributed by atoms with Crippen LogP contribution in [0.1, 0.15) is 49.7 Å². The lowest BCUT2D eigenvalue weighted by Gasteiger charge is -2.34. The van der Waals surface area contributed by atoms with Gasteiger partial charge in [-0.3, -0.25) is 4.98 Å². The first-order valence-electron chi connectivity index (χ1n) is 14.0. The van der Waals surface area contributed by atoms with Crippen molar-refractivity contribution in [1.29, 1.82) is 0 Å². The number of piperazine rings is 1. The molecule has 37 heavy (non-hydrogen) atoms. The second-order valence-corrected chi connectivity index (χ2v) is 11.3. The molecule has 194 valence electrons. The number of rotatable bonds is 5. The zero-order chi connectivity index (χ0) is 24.9. The Bertz CT molecular complexity index is 1320. The molecular weight excluding hydrogens is 467 g/mol. The molecule has 4 aliphatic rings. The fourth-order valence-electron chi connectivity index (χ4n) is 6.85. The maximum absolute atomic E-state index is 16.4. The third kappa shape index (κ3) is 4.24. The molecule has 3 aliphatic heterocycles. The number of aryl methyl sites for hydroxylation is 1. The first-order valence-corrected chi connectivity index (χ1v) is 14.0. The molecule has 7 rings (SSSR count). The highest BCUT2D eigenvalue weighted by atomic mass is 19.1. The van der Waals surface area contributed by atoms with Crippen LogP contribution in [0.25, 0.3) is 22.2 Å². The average molecular weight is 503 g/mol. The van der Waals surface area contributed by atoms with E-state index in [0.717, 1.165) is 69.5 Å². The number of pyridine rings is 1. The van der Waals surface area contributed by atoms with Gasteiger partial charge in [0.25, 0.3) is 0 Å². The van der Waals surface area contributed by atoms with Gasteiger partial charge in [0.2, 0.25) is 0 Å². The highest BCUT2D eigenvalue weighted by molar-refractivity contribution is 5.92. The van der Waals surface area contributed by atoms with Crippen LogP contribution < -0.4 is 15.0 Å². The van der Waals surface area contributed by atoms with Crippen molar-refractivity contribution in [1.82, 2.24) is 25.2 Å². The van der Waals surface area contributed by atoms with Gasteiger partial charge < -0.3 is 19.9 Å². The van der Waals surface area contributed by atoms with Crippen LogP contribution in [0.3, 0.4) is 0 Å². The molecule has 3 fully saturated rings. The Kier molecular flexibility index (Phi) is 5.96. The number of ether oxygens (including phenoxy) is 1. The molecule has 0 spiro atoms. The predicted octanol–water partition coefficient (Wildman–Crippen LogP) is 4.12. The van der Waals surface area contributed by atoms with E-state index in [1.807, 2.05) is 12.1 Å². The Labute approximate surface area is 217 Å². The lowest BCUT2D eigenvalue weighted by Crippen LogP contribution is -2.51. The number of likely N-dealkylation sites (tertiary alicyclic amines) is 1. The molecule has 1 aliphatic carbocycles. The summed E-state index contributed by atoms with van der Waals surface area (Å²) in [7, 11) is 2.13. The van der Waals surface area contributed by atoms with Crippen LogP contribution in [0.2, 0.25) is 0 Å². The lowest BCUT2D eigenvalue weighted by molar-refractivity contribution is 0.188. The third-order valence-corrected chi connectivity index (χ3v) is 8.89. The molecule has 0 radical (unpaired) electrons. The number of nitrogens with one attached hydrogen (secondary N) is 1. The number of halogens is 1. The van der Waals surface area contributed by atoms with E-state index in [1.54, 1.807) is 6.20 Å². The smallest absolute Gasteiger partial charge is 0.319 e. The number of likely N-dealkylation sites (N-methyl/N-ethyl adjacent to an activating group) is 1. The third-order valence-electron chi connectivity index (χ3n) is 8.89. The van der Waals surface area contributed by atoms with Crippen LogP contribution in [0.4, 0.5) is 10.2 Å². The van der Waals surface area contributed by atoms with Crippen LogP contribution in [-0.2, 0) is 12.8 Å². The van der Waals surface area contributed by atoms with Crippen LogP contribution in [-0.4, -0.2) is 71.3 Å². The largest absolute Gasteiger partial charge is 0.462 e. The molecule has 0 saturated carbocycles. The molecule has 2 bridgehead atoms. The predicted molar refractivity (Wildman–Crippen MR) is 143 cm³/mol.